The molecule has 0 unspecified atom stereocenters. The first-order chi connectivity index (χ1) is 56.0. The third kappa shape index (κ3) is 11.8. The first-order valence-corrected chi connectivity index (χ1v) is 35.5. The van der Waals surface area contributed by atoms with E-state index in [1.165, 1.54) is 0 Å². The van der Waals surface area contributed by atoms with Crippen molar-refractivity contribution >= 4 is 61.7 Å². The predicted molar refractivity (Wildman–Crippen MR) is 419 cm³/mol. The molecule has 4 heterocycles. The van der Waals surface area contributed by atoms with Crippen molar-refractivity contribution in [3.8, 4) is 84.3 Å². The van der Waals surface area contributed by atoms with Gasteiger partial charge in [0.15, 0.2) is 8.07 Å². The average molecular weight is 1530 g/mol. The summed E-state index contributed by atoms with van der Waals surface area (Å²) < 4.78 is 198. The monoisotopic (exact) mass is 1520 g/mol. The predicted octanol–water partition coefficient (Wildman–Crippen LogP) is 20.8. The summed E-state index contributed by atoms with van der Waals surface area (Å²) in [6.45, 7) is 26.2. The molecule has 3 aromatic heterocycles. The van der Waals surface area contributed by atoms with Gasteiger partial charge in [-0.1, -0.05) is 307 Å². The Morgan fingerprint density at radius 1 is 0.416 bits per heavy atom. The number of aromatic nitrogens is 4. The van der Waals surface area contributed by atoms with E-state index >= 15 is 0 Å². The number of imidazole rings is 1. The van der Waals surface area contributed by atoms with Gasteiger partial charge < -0.3 is 13.9 Å². The molecule has 0 N–H and O–H groups in total. The SMILES string of the molecule is [2H]c1c([2H])c([2H])c([Si](c2c([2H])c([2H])c([2H])c([2H])c2[2H])(c2c([2H])c([2H])c([2H])c([2H])c2[2H])c2c([2H])c([2H])c([2H])c(-c3cc4c5c(c3)n(-c3[c-]c(Oc6[c-]c7c(cc6)c6ccccc6n7-c6cc(C(C)(C)C)ccn6)ccc3)[c-][n+]5-c3c(-c5cc(C(C)(C)C)cc(C(C)(C)C)c5)cc(C(C)(C)C)cc3-c3ccccc3-c3ccccc3-4)c2[2H])c([2H])c1[2H].[Pt]. The second-order valence-electron chi connectivity index (χ2n) is 29.8. The molecule has 500 valence electrons. The van der Waals surface area contributed by atoms with Crippen molar-refractivity contribution in [2.24, 2.45) is 0 Å². The molecule has 1 aliphatic heterocycles. The molecule has 0 saturated carbocycles. The number of ether oxygens (including phenoxy) is 1. The molecule has 101 heavy (non-hydrogen) atoms. The van der Waals surface area contributed by atoms with E-state index in [0.717, 1.165) is 71.9 Å². The van der Waals surface area contributed by atoms with Gasteiger partial charge in [0.2, 0.25) is 0 Å². The number of hydrogen-bond donors (Lipinski definition) is 0. The van der Waals surface area contributed by atoms with Gasteiger partial charge in [0.25, 0.3) is 6.33 Å². The second-order valence-corrected chi connectivity index (χ2v) is 33.3. The first-order valence-electron chi connectivity index (χ1n) is 43.0. The minimum Gasteiger partial charge on any atom is -0.510 e. The van der Waals surface area contributed by atoms with Gasteiger partial charge in [0, 0.05) is 44.3 Å². The van der Waals surface area contributed by atoms with Crippen LogP contribution in [0.5, 0.6) is 11.5 Å². The maximum Gasteiger partial charge on any atom is 0.268 e. The fraction of sp³-hybridized carbons (Fsp3) is 0.170. The largest absolute Gasteiger partial charge is 0.510 e. The zero-order valence-corrected chi connectivity index (χ0v) is 61.4. The zero-order valence-electron chi connectivity index (χ0n) is 77.1. The number of rotatable bonds is 10. The van der Waals surface area contributed by atoms with Crippen molar-refractivity contribution in [2.45, 2.75) is 105 Å². The summed E-state index contributed by atoms with van der Waals surface area (Å²) in [5.74, 6) is 1.26. The van der Waals surface area contributed by atoms with Crippen molar-refractivity contribution in [2.75, 3.05) is 0 Å². The Morgan fingerprint density at radius 3 is 1.55 bits per heavy atom. The molecule has 1 aliphatic rings. The van der Waals surface area contributed by atoms with Gasteiger partial charge in [0.1, 0.15) is 5.82 Å². The Kier molecular flexibility index (Phi) is 12.0. The molecule has 0 atom stereocenters. The van der Waals surface area contributed by atoms with Crippen LogP contribution in [-0.4, -0.2) is 22.2 Å². The molecule has 0 aliphatic carbocycles. The summed E-state index contributed by atoms with van der Waals surface area (Å²) >= 11 is 0. The zero-order chi connectivity index (χ0) is 85.6. The molecule has 0 spiro atoms. The third-order valence-corrected chi connectivity index (χ3v) is 23.2. The summed E-state index contributed by atoms with van der Waals surface area (Å²) in [5.41, 5.74) is 11.9. The molecule has 0 saturated heterocycles. The van der Waals surface area contributed by atoms with Crippen LogP contribution in [0.1, 0.15) is 131 Å². The normalized spacial score (nSPS) is 15.1. The Morgan fingerprint density at radius 2 is 0.950 bits per heavy atom. The summed E-state index contributed by atoms with van der Waals surface area (Å²) in [4.78, 5) is 4.91. The fourth-order valence-electron chi connectivity index (χ4n) is 13.9. The number of hydrogen-bond acceptors (Lipinski definition) is 2. The molecule has 0 fully saturated rings. The maximum absolute atomic E-state index is 11.2. The van der Waals surface area contributed by atoms with Crippen LogP contribution in [-0.2, 0) is 42.7 Å². The van der Waals surface area contributed by atoms with Gasteiger partial charge in [-0.05, 0) is 156 Å². The van der Waals surface area contributed by atoms with E-state index in [0.29, 0.717) is 50.6 Å². The van der Waals surface area contributed by atoms with E-state index in [1.54, 1.807) is 28.8 Å². The van der Waals surface area contributed by atoms with Gasteiger partial charge in [-0.3, -0.25) is 4.57 Å². The summed E-state index contributed by atoms with van der Waals surface area (Å²) in [7, 11) is -6.31. The number of pyridine rings is 1. The molecule has 12 aromatic carbocycles. The average Bonchev–Trinajstić information content (AvgIpc) is 0.772. The number of para-hydroxylation sites is 1. The minimum atomic E-state index is -6.31. The van der Waals surface area contributed by atoms with Crippen LogP contribution in [0.15, 0.2) is 279 Å². The van der Waals surface area contributed by atoms with Crippen LogP contribution in [0.3, 0.4) is 0 Å². The van der Waals surface area contributed by atoms with Crippen LogP contribution < -0.4 is 30.1 Å². The topological polar surface area (TPSA) is 35.9 Å². The van der Waals surface area contributed by atoms with Crippen LogP contribution in [0.25, 0.3) is 106 Å². The molecule has 16 rings (SSSR count). The Hall–Kier alpha value is -10.2. The Bertz CT molecular complexity index is 6620. The minimum absolute atomic E-state index is 0. The fourth-order valence-corrected chi connectivity index (χ4v) is 17.4. The van der Waals surface area contributed by atoms with E-state index in [2.05, 4.69) is 161 Å². The second kappa shape index (κ2) is 25.4. The smallest absolute Gasteiger partial charge is 0.268 e. The quantitative estimate of drug-likeness (QED) is 0.0592. The molecular weight excluding hydrogens is 1420 g/mol. The molecule has 0 radical (unpaired) electrons. The molecule has 7 heteroatoms. The summed E-state index contributed by atoms with van der Waals surface area (Å²) in [6, 6.07) is 39.4. The van der Waals surface area contributed by atoms with Gasteiger partial charge in [-0.25, -0.2) is 4.98 Å². The van der Waals surface area contributed by atoms with E-state index < -0.39 is 155 Å². The Labute approximate surface area is 637 Å². The van der Waals surface area contributed by atoms with Crippen molar-refractivity contribution in [1.29, 1.82) is 0 Å². The van der Waals surface area contributed by atoms with Crippen molar-refractivity contribution in [3.63, 3.8) is 0 Å². The molecule has 0 amide bonds. The molecule has 15 aromatic rings. The maximum atomic E-state index is 11.2. The van der Waals surface area contributed by atoms with Gasteiger partial charge in [-0.15, -0.1) is 29.7 Å². The van der Waals surface area contributed by atoms with Gasteiger partial charge >= 0.3 is 0 Å². The molecule has 0 bridgehead atoms. The van der Waals surface area contributed by atoms with Crippen LogP contribution in [0.2, 0.25) is 0 Å². The van der Waals surface area contributed by atoms with Gasteiger partial charge in [-0.2, -0.15) is 18.2 Å². The summed E-state index contributed by atoms with van der Waals surface area (Å²) in [5, 5.41) is -1.87. The van der Waals surface area contributed by atoms with Crippen molar-refractivity contribution in [3.05, 3.63) is 319 Å². The number of benzene rings is 12. The van der Waals surface area contributed by atoms with Crippen LogP contribution in [0.4, 0.5) is 0 Å². The first kappa shape index (κ1) is 47.7. The van der Waals surface area contributed by atoms with E-state index in [4.69, 9.17) is 13.8 Å². The standard InChI is InChI=1S/C94H82N4OSi.Pt/c1-91(2,3)65-48-49-95-88(58-65)98-85-45-27-26-44-80(85)81-47-46-71(60-86(81)98)99-70-32-29-31-69(59-70)96-61-97-89-82(64-50-66(92(4,5)6)55-67(51-64)93(7,8)9)56-68(94(10,11)12)57-84(89)79-43-25-23-41-77(79)76-40-22-24-42-78(76)83-53-63(54-87(96)90(83)97)62-30-28-39-75(52-62)100(72-33-16-13-17-34-72,73-35-18-14-19-36-73)74-37-20-15-21-38-74;/h13-58H,1-12H3;/q-2;/i13D,14D,15D,16D,17D,18D,19D,20D,21D,28D,30D,33D,34D,35D,36D,37D,38D,39D,52D;. The van der Waals surface area contributed by atoms with Crippen LogP contribution >= 0.6 is 0 Å². The van der Waals surface area contributed by atoms with Crippen molar-refractivity contribution in [1.82, 2.24) is 14.1 Å². The number of nitrogens with zero attached hydrogens (tertiary/aromatic N) is 4. The van der Waals surface area contributed by atoms with E-state index in [1.807, 2.05) is 89.6 Å². The van der Waals surface area contributed by atoms with Crippen molar-refractivity contribution < 1.29 is 56.4 Å². The van der Waals surface area contributed by atoms with Crippen LogP contribution in [0, 0.1) is 18.5 Å². The van der Waals surface area contributed by atoms with E-state index in [9.17, 15) is 21.9 Å². The third-order valence-electron chi connectivity index (χ3n) is 19.2. The van der Waals surface area contributed by atoms with Gasteiger partial charge in [0.05, 0.1) is 42.8 Å². The summed E-state index contributed by atoms with van der Waals surface area (Å²) in [6.07, 6.45) is 5.71. The number of fused-ring (bicyclic) bond motifs is 10. The Balaban J connectivity index is 0.0000112. The molecule has 5 nitrogen and oxygen atoms in total. The molecular formula is C94H82N4OPtSi-2. The van der Waals surface area contributed by atoms with E-state index in [-0.39, 0.29) is 48.6 Å².